The van der Waals surface area contributed by atoms with Gasteiger partial charge in [0.15, 0.2) is 5.78 Å². The van der Waals surface area contributed by atoms with Gasteiger partial charge in [-0.25, -0.2) is 0 Å². The first-order valence-corrected chi connectivity index (χ1v) is 8.13. The molecule has 0 aliphatic heterocycles. The van der Waals surface area contributed by atoms with Crippen molar-refractivity contribution >= 4 is 22.4 Å². The number of anilines is 1. The fourth-order valence-electron chi connectivity index (χ4n) is 2.21. The summed E-state index contributed by atoms with van der Waals surface area (Å²) in [4.78, 5) is 14.7. The number of nitrogens with two attached hydrogens (primary N) is 1. The highest BCUT2D eigenvalue weighted by Crippen LogP contribution is 2.26. The maximum absolute atomic E-state index is 11.4. The van der Waals surface area contributed by atoms with Crippen LogP contribution in [0.2, 0.25) is 0 Å². The molecule has 0 radical (unpaired) electrons. The molecule has 0 aliphatic rings. The number of nitrogens with one attached hydrogen (secondary N) is 1. The molecule has 2 aromatic carbocycles. The molecule has 0 atom stereocenters. The maximum Gasteiger partial charge on any atom is 0.159 e. The molecule has 23 heavy (non-hydrogen) atoms. The van der Waals surface area contributed by atoms with Crippen LogP contribution in [-0.4, -0.2) is 10.8 Å². The number of H-pyrrole nitrogens is 1. The van der Waals surface area contributed by atoms with Gasteiger partial charge in [0.2, 0.25) is 0 Å². The van der Waals surface area contributed by atoms with E-state index in [0.717, 1.165) is 33.4 Å². The smallest absolute Gasteiger partial charge is 0.159 e. The molecule has 3 rings (SSSR count). The number of nitrogen functional groups attached to an aromatic ring is 1. The lowest BCUT2D eigenvalue weighted by atomic mass is 10.1. The van der Waals surface area contributed by atoms with Gasteiger partial charge in [0.1, 0.15) is 0 Å². The van der Waals surface area contributed by atoms with Crippen molar-refractivity contribution in [1.82, 2.24) is 4.98 Å². The third kappa shape index (κ3) is 4.46. The van der Waals surface area contributed by atoms with E-state index in [4.69, 9.17) is 5.73 Å². The van der Waals surface area contributed by atoms with Crippen molar-refractivity contribution in [3.05, 3.63) is 54.1 Å². The van der Waals surface area contributed by atoms with Crippen LogP contribution in [0.4, 0.5) is 5.69 Å². The second-order valence-corrected chi connectivity index (χ2v) is 4.67. The summed E-state index contributed by atoms with van der Waals surface area (Å²) in [6.07, 6.45) is 0. The molecule has 3 N–H and O–H groups in total. The average molecular weight is 310 g/mol. The SMILES string of the molecule is CC.CC.CC(=O)c1ccc2[nH]c(-c3cccc(N)c3)cc2c1. The number of fused-ring (bicyclic) bond motifs is 1. The van der Waals surface area contributed by atoms with Crippen LogP contribution in [0, 0.1) is 0 Å². The van der Waals surface area contributed by atoms with Crippen molar-refractivity contribution in [2.45, 2.75) is 34.6 Å². The number of ketones is 1. The Balaban J connectivity index is 0.000000615. The zero-order valence-electron chi connectivity index (χ0n) is 14.6. The normalized spacial score (nSPS) is 9.43. The van der Waals surface area contributed by atoms with Gasteiger partial charge in [-0.05, 0) is 48.9 Å². The van der Waals surface area contributed by atoms with Gasteiger partial charge in [0.05, 0.1) is 0 Å². The second-order valence-electron chi connectivity index (χ2n) is 4.67. The van der Waals surface area contributed by atoms with Gasteiger partial charge in [0.25, 0.3) is 0 Å². The standard InChI is InChI=1S/C16H14N2O.2C2H6/c1-10(19)11-5-6-15-13(7-11)9-16(18-15)12-3-2-4-14(17)8-12;2*1-2/h2-9,18H,17H2,1H3;2*1-2H3. The van der Waals surface area contributed by atoms with Gasteiger partial charge >= 0.3 is 0 Å². The summed E-state index contributed by atoms with van der Waals surface area (Å²) in [7, 11) is 0. The third-order valence-corrected chi connectivity index (χ3v) is 3.22. The second kappa shape index (κ2) is 8.79. The number of carbonyl (C=O) groups excluding carboxylic acids is 1. The minimum absolute atomic E-state index is 0.0774. The van der Waals surface area contributed by atoms with Crippen LogP contribution >= 0.6 is 0 Å². The highest BCUT2D eigenvalue weighted by molar-refractivity contribution is 5.98. The number of hydrogen-bond acceptors (Lipinski definition) is 2. The van der Waals surface area contributed by atoms with E-state index in [9.17, 15) is 4.79 Å². The quantitative estimate of drug-likeness (QED) is 0.473. The molecule has 0 fully saturated rings. The first-order chi connectivity index (χ1) is 11.1. The Labute approximate surface area is 138 Å². The number of Topliss-reactive ketones (excluding diaryl/α,β-unsaturated/α-hetero) is 1. The summed E-state index contributed by atoms with van der Waals surface area (Å²) in [5.41, 5.74) is 10.3. The van der Waals surface area contributed by atoms with Crippen molar-refractivity contribution in [3.8, 4) is 11.3 Å². The summed E-state index contributed by atoms with van der Waals surface area (Å²) in [6.45, 7) is 9.58. The predicted molar refractivity (Wildman–Crippen MR) is 101 cm³/mol. The lowest BCUT2D eigenvalue weighted by Crippen LogP contribution is -1.89. The summed E-state index contributed by atoms with van der Waals surface area (Å²) < 4.78 is 0. The van der Waals surface area contributed by atoms with Crippen LogP contribution in [0.5, 0.6) is 0 Å². The monoisotopic (exact) mass is 310 g/mol. The van der Waals surface area contributed by atoms with Crippen LogP contribution < -0.4 is 5.73 Å². The number of carbonyl (C=O) groups is 1. The maximum atomic E-state index is 11.4. The zero-order valence-corrected chi connectivity index (χ0v) is 14.6. The Morgan fingerprint density at radius 3 is 2.26 bits per heavy atom. The Morgan fingerprint density at radius 2 is 1.65 bits per heavy atom. The topological polar surface area (TPSA) is 58.9 Å². The van der Waals surface area contributed by atoms with Crippen LogP contribution in [-0.2, 0) is 0 Å². The molecule has 0 spiro atoms. The number of aromatic amines is 1. The fraction of sp³-hybridized carbons (Fsp3) is 0.250. The summed E-state index contributed by atoms with van der Waals surface area (Å²) in [5.74, 6) is 0.0774. The molecule has 0 amide bonds. The largest absolute Gasteiger partial charge is 0.399 e. The van der Waals surface area contributed by atoms with Crippen molar-refractivity contribution in [3.63, 3.8) is 0 Å². The molecule has 1 heterocycles. The van der Waals surface area contributed by atoms with E-state index in [1.165, 1.54) is 0 Å². The predicted octanol–water partition coefficient (Wildman–Crippen LogP) is 5.67. The Bertz CT molecular complexity index is 772. The van der Waals surface area contributed by atoms with Gasteiger partial charge in [0, 0.05) is 27.8 Å². The highest BCUT2D eigenvalue weighted by atomic mass is 16.1. The molecule has 122 valence electrons. The molecular weight excluding hydrogens is 284 g/mol. The van der Waals surface area contributed by atoms with Crippen LogP contribution in [0.15, 0.2) is 48.5 Å². The molecule has 0 bridgehead atoms. The zero-order chi connectivity index (χ0) is 17.4. The molecule has 1 aromatic heterocycles. The molecule has 3 aromatic rings. The number of benzene rings is 2. The molecule has 3 nitrogen and oxygen atoms in total. The van der Waals surface area contributed by atoms with Gasteiger partial charge in [-0.15, -0.1) is 0 Å². The van der Waals surface area contributed by atoms with Gasteiger partial charge in [-0.2, -0.15) is 0 Å². The minimum atomic E-state index is 0.0774. The summed E-state index contributed by atoms with van der Waals surface area (Å²) in [5, 5.41) is 1.03. The van der Waals surface area contributed by atoms with E-state index in [1.807, 2.05) is 76.2 Å². The molecule has 0 aliphatic carbocycles. The van der Waals surface area contributed by atoms with E-state index < -0.39 is 0 Å². The third-order valence-electron chi connectivity index (χ3n) is 3.22. The Hall–Kier alpha value is -2.55. The molecule has 0 unspecified atom stereocenters. The lowest BCUT2D eigenvalue weighted by Gasteiger charge is -1.98. The van der Waals surface area contributed by atoms with Gasteiger partial charge in [-0.1, -0.05) is 39.8 Å². The summed E-state index contributed by atoms with van der Waals surface area (Å²) in [6, 6.07) is 15.4. The first-order valence-electron chi connectivity index (χ1n) is 8.13. The lowest BCUT2D eigenvalue weighted by molar-refractivity contribution is 0.101. The fourth-order valence-corrected chi connectivity index (χ4v) is 2.21. The van der Waals surface area contributed by atoms with Crippen LogP contribution in [0.3, 0.4) is 0 Å². The van der Waals surface area contributed by atoms with E-state index >= 15 is 0 Å². The molecular formula is C20H26N2O. The summed E-state index contributed by atoms with van der Waals surface area (Å²) >= 11 is 0. The van der Waals surface area contributed by atoms with Crippen molar-refractivity contribution < 1.29 is 4.79 Å². The average Bonchev–Trinajstić information content (AvgIpc) is 3.01. The molecule has 0 saturated carbocycles. The van der Waals surface area contributed by atoms with Crippen LogP contribution in [0.25, 0.3) is 22.2 Å². The number of aromatic nitrogens is 1. The van der Waals surface area contributed by atoms with E-state index in [2.05, 4.69) is 4.98 Å². The van der Waals surface area contributed by atoms with E-state index in [-0.39, 0.29) is 5.78 Å². The van der Waals surface area contributed by atoms with Crippen molar-refractivity contribution in [2.75, 3.05) is 5.73 Å². The van der Waals surface area contributed by atoms with Crippen molar-refractivity contribution in [1.29, 1.82) is 0 Å². The Kier molecular flexibility index (Phi) is 7.07. The van der Waals surface area contributed by atoms with Gasteiger partial charge < -0.3 is 10.7 Å². The highest BCUT2D eigenvalue weighted by Gasteiger charge is 2.06. The van der Waals surface area contributed by atoms with Crippen LogP contribution in [0.1, 0.15) is 45.0 Å². The number of hydrogen-bond donors (Lipinski definition) is 2. The van der Waals surface area contributed by atoms with E-state index in [1.54, 1.807) is 6.92 Å². The van der Waals surface area contributed by atoms with Gasteiger partial charge in [-0.3, -0.25) is 4.79 Å². The number of rotatable bonds is 2. The first kappa shape index (κ1) is 18.5. The van der Waals surface area contributed by atoms with Crippen molar-refractivity contribution in [2.24, 2.45) is 0 Å². The molecule has 0 saturated heterocycles. The Morgan fingerprint density at radius 1 is 0.957 bits per heavy atom. The molecule has 3 heteroatoms. The van der Waals surface area contributed by atoms with E-state index in [0.29, 0.717) is 0 Å². The minimum Gasteiger partial charge on any atom is -0.399 e.